The predicted octanol–water partition coefficient (Wildman–Crippen LogP) is 21.6. The van der Waals surface area contributed by atoms with Crippen LogP contribution in [0.2, 0.25) is 0 Å². The smallest absolute Gasteiger partial charge is 0.0719 e. The highest BCUT2D eigenvalue weighted by Crippen LogP contribution is 2.62. The zero-order valence-corrected chi connectivity index (χ0v) is 47.1. The van der Waals surface area contributed by atoms with Crippen molar-refractivity contribution in [2.45, 2.75) is 43.9 Å². The summed E-state index contributed by atoms with van der Waals surface area (Å²) in [5.41, 5.74) is 26.0. The molecular weight excluding hydrogens is 1000 g/mol. The van der Waals surface area contributed by atoms with E-state index in [1.54, 1.807) is 0 Å². The van der Waals surface area contributed by atoms with Crippen molar-refractivity contribution in [3.63, 3.8) is 0 Å². The summed E-state index contributed by atoms with van der Waals surface area (Å²) in [5, 5.41) is 4.83. The minimum Gasteiger partial charge on any atom is -0.309 e. The van der Waals surface area contributed by atoms with Gasteiger partial charge >= 0.3 is 0 Å². The van der Waals surface area contributed by atoms with Gasteiger partial charge in [0.1, 0.15) is 0 Å². The SMILES string of the molecule is CC1(C)c2ccccc2N(c2ccccc2)c2c(-c3cccc4c(-c5cccc6c5C(c5ccccc5)(c5ccccc5)c5ccccc5-6)c5cccc(-c6cccc7c6N(c6ccccc6)c6ccccc6C7(C)C)c5cc34)cccc21. The molecule has 0 N–H and O–H groups in total. The zero-order valence-electron chi connectivity index (χ0n) is 47.1. The van der Waals surface area contributed by atoms with E-state index in [0.29, 0.717) is 0 Å². The fourth-order valence-corrected chi connectivity index (χ4v) is 15.3. The molecule has 83 heavy (non-hydrogen) atoms. The van der Waals surface area contributed by atoms with Crippen LogP contribution < -0.4 is 9.80 Å². The highest BCUT2D eigenvalue weighted by Gasteiger charge is 2.48. The van der Waals surface area contributed by atoms with Crippen LogP contribution in [0.5, 0.6) is 0 Å². The van der Waals surface area contributed by atoms with Gasteiger partial charge in [0.15, 0.2) is 0 Å². The van der Waals surface area contributed by atoms with E-state index in [0.717, 1.165) is 11.4 Å². The monoisotopic (exact) mass is 1060 g/mol. The second kappa shape index (κ2) is 18.5. The van der Waals surface area contributed by atoms with Gasteiger partial charge in [0, 0.05) is 33.3 Å². The predicted molar refractivity (Wildman–Crippen MR) is 349 cm³/mol. The summed E-state index contributed by atoms with van der Waals surface area (Å²) in [7, 11) is 0. The largest absolute Gasteiger partial charge is 0.309 e. The van der Waals surface area contributed by atoms with Gasteiger partial charge < -0.3 is 9.80 Å². The number of fused-ring (bicyclic) bond motifs is 9. The number of hydrogen-bond donors (Lipinski definition) is 0. The van der Waals surface area contributed by atoms with Crippen molar-refractivity contribution in [3.05, 3.63) is 336 Å². The Bertz CT molecular complexity index is 4480. The summed E-state index contributed by atoms with van der Waals surface area (Å²) < 4.78 is 0. The summed E-state index contributed by atoms with van der Waals surface area (Å²) in [6.07, 6.45) is 0. The van der Waals surface area contributed by atoms with Crippen molar-refractivity contribution in [2.24, 2.45) is 0 Å². The van der Waals surface area contributed by atoms with Gasteiger partial charge in [-0.1, -0.05) is 276 Å². The summed E-state index contributed by atoms with van der Waals surface area (Å²) in [6.45, 7) is 9.60. The topological polar surface area (TPSA) is 6.48 Å². The molecule has 13 aromatic carbocycles. The molecule has 0 amide bonds. The number of benzene rings is 13. The number of para-hydroxylation sites is 6. The number of anilines is 6. The van der Waals surface area contributed by atoms with Gasteiger partial charge in [-0.3, -0.25) is 0 Å². The van der Waals surface area contributed by atoms with Gasteiger partial charge in [0.05, 0.1) is 28.2 Å². The second-order valence-corrected chi connectivity index (χ2v) is 23.8. The third-order valence-electron chi connectivity index (χ3n) is 18.9. The van der Waals surface area contributed by atoms with Crippen LogP contribution in [0, 0.1) is 0 Å². The quantitative estimate of drug-likeness (QED) is 0.147. The van der Waals surface area contributed by atoms with E-state index in [1.165, 1.54) is 133 Å². The molecule has 0 radical (unpaired) electrons. The number of hydrogen-bond acceptors (Lipinski definition) is 2. The lowest BCUT2D eigenvalue weighted by atomic mass is 9.65. The van der Waals surface area contributed by atoms with E-state index < -0.39 is 5.41 Å². The third-order valence-corrected chi connectivity index (χ3v) is 18.9. The van der Waals surface area contributed by atoms with Gasteiger partial charge in [0.25, 0.3) is 0 Å². The molecule has 0 spiro atoms. The van der Waals surface area contributed by atoms with Crippen molar-refractivity contribution in [3.8, 4) is 44.5 Å². The lowest BCUT2D eigenvalue weighted by Gasteiger charge is -2.43. The Morgan fingerprint density at radius 1 is 0.253 bits per heavy atom. The molecule has 3 aliphatic rings. The molecule has 0 fully saturated rings. The van der Waals surface area contributed by atoms with Gasteiger partial charge in [-0.15, -0.1) is 0 Å². The summed E-state index contributed by atoms with van der Waals surface area (Å²) >= 11 is 0. The van der Waals surface area contributed by atoms with Crippen LogP contribution in [0.3, 0.4) is 0 Å². The Labute approximate surface area is 486 Å². The van der Waals surface area contributed by atoms with Crippen molar-refractivity contribution >= 4 is 55.7 Å². The third kappa shape index (κ3) is 6.96. The van der Waals surface area contributed by atoms with E-state index in [9.17, 15) is 0 Å². The highest BCUT2D eigenvalue weighted by molar-refractivity contribution is 6.21. The molecule has 0 unspecified atom stereocenters. The van der Waals surface area contributed by atoms with E-state index in [1.807, 2.05) is 0 Å². The van der Waals surface area contributed by atoms with Crippen molar-refractivity contribution < 1.29 is 0 Å². The zero-order chi connectivity index (χ0) is 55.6. The van der Waals surface area contributed by atoms with Gasteiger partial charge in [0.2, 0.25) is 0 Å². The molecule has 2 nitrogen and oxygen atoms in total. The van der Waals surface area contributed by atoms with Crippen molar-refractivity contribution in [2.75, 3.05) is 9.80 Å². The molecule has 13 aromatic rings. The Kier molecular flexibility index (Phi) is 10.9. The molecular formula is C81H60N2. The van der Waals surface area contributed by atoms with E-state index >= 15 is 0 Å². The minimum atomic E-state index is -0.643. The van der Waals surface area contributed by atoms with Crippen LogP contribution >= 0.6 is 0 Å². The molecule has 2 aliphatic heterocycles. The normalized spacial score (nSPS) is 14.7. The van der Waals surface area contributed by atoms with Gasteiger partial charge in [-0.05, 0) is 142 Å². The maximum absolute atomic E-state index is 2.56. The van der Waals surface area contributed by atoms with Crippen LogP contribution in [0.15, 0.2) is 291 Å². The Hall–Kier alpha value is -10.0. The Morgan fingerprint density at radius 3 is 1.10 bits per heavy atom. The fourth-order valence-electron chi connectivity index (χ4n) is 15.3. The van der Waals surface area contributed by atoms with E-state index in [4.69, 9.17) is 0 Å². The van der Waals surface area contributed by atoms with Crippen molar-refractivity contribution in [1.29, 1.82) is 0 Å². The van der Waals surface area contributed by atoms with Crippen LogP contribution in [0.1, 0.15) is 72.2 Å². The average molecular weight is 1060 g/mol. The standard InChI is InChI=1S/C81H60N2/c1-79(2)69-46-19-21-50-73(69)82(55-32-13-7-14-33-55)77-63(42-26-48-71(77)79)57-37-23-39-60-66(57)52-67-58(64-43-27-49-72-78(64)83(56-34-15-8-16-35-56)74-51-22-20-47-70(74)80(72,3)4)38-24-40-61(67)75(60)65-44-25-41-62-59-36-17-18-45-68(59)81(76(62)65,53-28-9-5-10-29-53)54-30-11-6-12-31-54/h5-52H,1-4H3. The van der Waals surface area contributed by atoms with Crippen LogP contribution in [-0.4, -0.2) is 0 Å². The van der Waals surface area contributed by atoms with Crippen LogP contribution in [0.4, 0.5) is 34.1 Å². The lowest BCUT2D eigenvalue weighted by Crippen LogP contribution is -2.31. The Balaban J connectivity index is 1.06. The molecule has 1 aliphatic carbocycles. The first-order valence-corrected chi connectivity index (χ1v) is 29.3. The molecule has 16 rings (SSSR count). The highest BCUT2D eigenvalue weighted by atomic mass is 15.2. The second-order valence-electron chi connectivity index (χ2n) is 23.8. The van der Waals surface area contributed by atoms with E-state index in [2.05, 4.69) is 329 Å². The van der Waals surface area contributed by atoms with E-state index in [-0.39, 0.29) is 10.8 Å². The molecule has 0 saturated carbocycles. The van der Waals surface area contributed by atoms with Crippen LogP contribution in [0.25, 0.3) is 66.1 Å². The maximum Gasteiger partial charge on any atom is 0.0719 e. The first kappa shape index (κ1) is 48.8. The Morgan fingerprint density at radius 2 is 0.602 bits per heavy atom. The average Bonchev–Trinajstić information content (AvgIpc) is 3.08. The number of rotatable bonds is 7. The molecule has 394 valence electrons. The van der Waals surface area contributed by atoms with Gasteiger partial charge in [-0.25, -0.2) is 0 Å². The molecule has 0 aromatic heterocycles. The molecule has 2 heteroatoms. The van der Waals surface area contributed by atoms with Crippen molar-refractivity contribution in [1.82, 2.24) is 0 Å². The first-order valence-electron chi connectivity index (χ1n) is 29.3. The summed E-state index contributed by atoms with van der Waals surface area (Å²) in [5.74, 6) is 0. The molecule has 0 bridgehead atoms. The van der Waals surface area contributed by atoms with Gasteiger partial charge in [-0.2, -0.15) is 0 Å². The minimum absolute atomic E-state index is 0.288. The maximum atomic E-state index is 2.56. The summed E-state index contributed by atoms with van der Waals surface area (Å²) in [4.78, 5) is 5.06. The first-order chi connectivity index (χ1) is 40.8. The van der Waals surface area contributed by atoms with Crippen LogP contribution in [-0.2, 0) is 16.2 Å². The fraction of sp³-hybridized carbons (Fsp3) is 0.0864. The number of nitrogens with zero attached hydrogens (tertiary/aromatic N) is 2. The molecule has 0 saturated heterocycles. The lowest BCUT2D eigenvalue weighted by molar-refractivity contribution is 0.632. The molecule has 0 atom stereocenters. The molecule has 2 heterocycles. The summed E-state index contributed by atoms with van der Waals surface area (Å²) in [6, 6.07) is 110.